The number of amides is 2. The van der Waals surface area contributed by atoms with Crippen LogP contribution < -0.4 is 5.32 Å². The molecule has 1 unspecified atom stereocenters. The molecule has 0 saturated carbocycles. The summed E-state index contributed by atoms with van der Waals surface area (Å²) in [5.74, 6) is -1.88. The third kappa shape index (κ3) is 2.33. The van der Waals surface area contributed by atoms with Crippen LogP contribution in [0.4, 0.5) is 4.39 Å². The lowest BCUT2D eigenvalue weighted by atomic mass is 9.89. The number of phenols is 1. The molecule has 1 aliphatic heterocycles. The van der Waals surface area contributed by atoms with Crippen LogP contribution in [0.25, 0.3) is 0 Å². The zero-order valence-electron chi connectivity index (χ0n) is 11.4. The highest BCUT2D eigenvalue weighted by Crippen LogP contribution is 2.32. The molecular weight excluding hydrogens is 263 g/mol. The maximum atomic E-state index is 13.7. The van der Waals surface area contributed by atoms with Crippen LogP contribution in [-0.2, 0) is 4.79 Å². The Morgan fingerprint density at radius 1 is 1.45 bits per heavy atom. The van der Waals surface area contributed by atoms with Gasteiger partial charge in [-0.2, -0.15) is 0 Å². The Bertz CT molecular complexity index is 541. The van der Waals surface area contributed by atoms with Crippen molar-refractivity contribution in [2.75, 3.05) is 20.1 Å². The third-order valence-electron chi connectivity index (χ3n) is 3.74. The van der Waals surface area contributed by atoms with Crippen molar-refractivity contribution in [1.82, 2.24) is 10.2 Å². The second-order valence-electron chi connectivity index (χ2n) is 5.25. The number of nitrogens with one attached hydrogen (secondary N) is 1. The van der Waals surface area contributed by atoms with Crippen LogP contribution in [0.2, 0.25) is 0 Å². The van der Waals surface area contributed by atoms with E-state index in [1.165, 1.54) is 17.0 Å². The Kier molecular flexibility index (Phi) is 3.65. The van der Waals surface area contributed by atoms with Gasteiger partial charge in [0, 0.05) is 20.1 Å². The summed E-state index contributed by atoms with van der Waals surface area (Å²) in [6, 6.07) is 3.73. The minimum atomic E-state index is -0.761. The predicted molar refractivity (Wildman–Crippen MR) is 70.8 cm³/mol. The molecule has 2 rings (SSSR count). The lowest BCUT2D eigenvalue weighted by Gasteiger charge is -2.23. The molecule has 1 fully saturated rings. The molecule has 0 aromatic heterocycles. The topological polar surface area (TPSA) is 69.6 Å². The molecule has 1 saturated heterocycles. The lowest BCUT2D eigenvalue weighted by molar-refractivity contribution is -0.128. The summed E-state index contributed by atoms with van der Waals surface area (Å²) >= 11 is 0. The van der Waals surface area contributed by atoms with Crippen molar-refractivity contribution in [2.24, 2.45) is 5.41 Å². The monoisotopic (exact) mass is 280 g/mol. The highest BCUT2D eigenvalue weighted by molar-refractivity contribution is 5.98. The molecule has 6 heteroatoms. The molecule has 5 nitrogen and oxygen atoms in total. The zero-order chi connectivity index (χ0) is 14.9. The first kappa shape index (κ1) is 14.3. The lowest BCUT2D eigenvalue weighted by Crippen LogP contribution is -2.40. The number of carbonyl (C=O) groups is 2. The normalized spacial score (nSPS) is 21.9. The average molecular weight is 280 g/mol. The van der Waals surface area contributed by atoms with Crippen molar-refractivity contribution >= 4 is 11.8 Å². The molecule has 0 aliphatic carbocycles. The Morgan fingerprint density at radius 3 is 2.75 bits per heavy atom. The van der Waals surface area contributed by atoms with Gasteiger partial charge in [-0.3, -0.25) is 9.59 Å². The molecule has 1 aliphatic rings. The first-order valence-electron chi connectivity index (χ1n) is 6.38. The van der Waals surface area contributed by atoms with Crippen molar-refractivity contribution in [3.63, 3.8) is 0 Å². The standard InChI is InChI=1S/C14H17FN2O3/c1-14(13(20)16-2)6-7-17(8-14)12(19)11-9(15)4-3-5-10(11)18/h3-5,18H,6-8H2,1-2H3,(H,16,20). The molecule has 0 spiro atoms. The number of benzene rings is 1. The Balaban J connectivity index is 2.23. The molecule has 0 bridgehead atoms. The van der Waals surface area contributed by atoms with Crippen LogP contribution in [0.3, 0.4) is 0 Å². The number of carbonyl (C=O) groups excluding carboxylic acids is 2. The first-order chi connectivity index (χ1) is 9.39. The number of likely N-dealkylation sites (tertiary alicyclic amines) is 1. The minimum Gasteiger partial charge on any atom is -0.507 e. The van der Waals surface area contributed by atoms with Gasteiger partial charge in [0.15, 0.2) is 0 Å². The van der Waals surface area contributed by atoms with Crippen LogP contribution in [0.1, 0.15) is 23.7 Å². The van der Waals surface area contributed by atoms with Gasteiger partial charge in [-0.05, 0) is 25.5 Å². The van der Waals surface area contributed by atoms with E-state index in [1.54, 1.807) is 14.0 Å². The number of hydrogen-bond acceptors (Lipinski definition) is 3. The van der Waals surface area contributed by atoms with Gasteiger partial charge < -0.3 is 15.3 Å². The van der Waals surface area contributed by atoms with E-state index in [0.717, 1.165) is 6.07 Å². The summed E-state index contributed by atoms with van der Waals surface area (Å²) in [6.07, 6.45) is 0.508. The number of aromatic hydroxyl groups is 1. The predicted octanol–water partition coefficient (Wildman–Crippen LogP) is 1.13. The Morgan fingerprint density at radius 2 is 2.15 bits per heavy atom. The van der Waals surface area contributed by atoms with E-state index in [9.17, 15) is 19.1 Å². The van der Waals surface area contributed by atoms with Crippen molar-refractivity contribution < 1.29 is 19.1 Å². The van der Waals surface area contributed by atoms with E-state index in [1.807, 2.05) is 0 Å². The van der Waals surface area contributed by atoms with Crippen LogP contribution in [0.15, 0.2) is 18.2 Å². The second-order valence-corrected chi connectivity index (χ2v) is 5.25. The molecular formula is C14H17FN2O3. The molecule has 20 heavy (non-hydrogen) atoms. The summed E-state index contributed by atoms with van der Waals surface area (Å²) in [5, 5.41) is 12.2. The van der Waals surface area contributed by atoms with Crippen LogP contribution >= 0.6 is 0 Å². The van der Waals surface area contributed by atoms with Crippen LogP contribution in [0, 0.1) is 11.2 Å². The van der Waals surface area contributed by atoms with Gasteiger partial charge in [-0.1, -0.05) is 6.07 Å². The van der Waals surface area contributed by atoms with E-state index >= 15 is 0 Å². The first-order valence-corrected chi connectivity index (χ1v) is 6.38. The fourth-order valence-electron chi connectivity index (χ4n) is 2.50. The highest BCUT2D eigenvalue weighted by Gasteiger charge is 2.42. The van der Waals surface area contributed by atoms with Crippen LogP contribution in [0.5, 0.6) is 5.75 Å². The molecule has 2 N–H and O–H groups in total. The highest BCUT2D eigenvalue weighted by atomic mass is 19.1. The SMILES string of the molecule is CNC(=O)C1(C)CCN(C(=O)c2c(O)cccc2F)C1. The molecule has 1 aromatic carbocycles. The summed E-state index contributed by atoms with van der Waals surface area (Å²) in [5.41, 5.74) is -1.01. The average Bonchev–Trinajstić information content (AvgIpc) is 2.81. The quantitative estimate of drug-likeness (QED) is 0.853. The van der Waals surface area contributed by atoms with Crippen molar-refractivity contribution in [3.05, 3.63) is 29.6 Å². The van der Waals surface area contributed by atoms with Crippen molar-refractivity contribution in [1.29, 1.82) is 0 Å². The van der Waals surface area contributed by atoms with Gasteiger partial charge in [-0.15, -0.1) is 0 Å². The molecule has 1 heterocycles. The van der Waals surface area contributed by atoms with E-state index < -0.39 is 17.1 Å². The summed E-state index contributed by atoms with van der Waals surface area (Å²) in [7, 11) is 1.54. The zero-order valence-corrected chi connectivity index (χ0v) is 11.4. The number of rotatable bonds is 2. The third-order valence-corrected chi connectivity index (χ3v) is 3.74. The van der Waals surface area contributed by atoms with E-state index in [2.05, 4.69) is 5.32 Å². The largest absolute Gasteiger partial charge is 0.507 e. The molecule has 1 atom stereocenters. The van der Waals surface area contributed by atoms with Crippen LogP contribution in [-0.4, -0.2) is 42.0 Å². The number of halogens is 1. The van der Waals surface area contributed by atoms with Crippen molar-refractivity contribution in [3.8, 4) is 5.75 Å². The number of nitrogens with zero attached hydrogens (tertiary/aromatic N) is 1. The summed E-state index contributed by atoms with van der Waals surface area (Å²) in [6.45, 7) is 2.33. The van der Waals surface area contributed by atoms with Crippen molar-refractivity contribution in [2.45, 2.75) is 13.3 Å². The Labute approximate surface area is 116 Å². The molecule has 108 valence electrons. The maximum Gasteiger partial charge on any atom is 0.260 e. The molecule has 0 radical (unpaired) electrons. The number of phenolic OH excluding ortho intramolecular Hbond substituents is 1. The summed E-state index contributed by atoms with van der Waals surface area (Å²) < 4.78 is 13.7. The van der Waals surface area contributed by atoms with Gasteiger partial charge in [0.05, 0.1) is 5.41 Å². The van der Waals surface area contributed by atoms with Gasteiger partial charge in [0.2, 0.25) is 5.91 Å². The van der Waals surface area contributed by atoms with Gasteiger partial charge in [0.25, 0.3) is 5.91 Å². The van der Waals surface area contributed by atoms with Gasteiger partial charge >= 0.3 is 0 Å². The minimum absolute atomic E-state index is 0.148. The fourth-order valence-corrected chi connectivity index (χ4v) is 2.50. The van der Waals surface area contributed by atoms with Gasteiger partial charge in [-0.25, -0.2) is 4.39 Å². The molecule has 2 amide bonds. The van der Waals surface area contributed by atoms with E-state index in [4.69, 9.17) is 0 Å². The second kappa shape index (κ2) is 5.11. The fraction of sp³-hybridized carbons (Fsp3) is 0.429. The van der Waals surface area contributed by atoms with E-state index in [-0.39, 0.29) is 23.8 Å². The smallest absolute Gasteiger partial charge is 0.260 e. The summed E-state index contributed by atoms with van der Waals surface area (Å²) in [4.78, 5) is 25.5. The van der Waals surface area contributed by atoms with Gasteiger partial charge in [0.1, 0.15) is 17.1 Å². The Hall–Kier alpha value is -2.11. The maximum absolute atomic E-state index is 13.7. The van der Waals surface area contributed by atoms with E-state index in [0.29, 0.717) is 13.0 Å². The molecule has 1 aromatic rings. The number of hydrogen-bond donors (Lipinski definition) is 2.